The Morgan fingerprint density at radius 2 is 1.77 bits per heavy atom. The van der Waals surface area contributed by atoms with Crippen molar-refractivity contribution in [2.24, 2.45) is 0 Å². The molecule has 0 bridgehead atoms. The van der Waals surface area contributed by atoms with Gasteiger partial charge in [0.25, 0.3) is 5.91 Å². The lowest BCUT2D eigenvalue weighted by Gasteiger charge is -2.07. The fraction of sp³-hybridized carbons (Fsp3) is 0.125. The highest BCUT2D eigenvalue weighted by atomic mass is 19.1. The Labute approximate surface area is 178 Å². The van der Waals surface area contributed by atoms with E-state index in [1.165, 1.54) is 12.1 Å². The van der Waals surface area contributed by atoms with Gasteiger partial charge in [0.2, 0.25) is 0 Å². The highest BCUT2D eigenvalue weighted by molar-refractivity contribution is 5.95. The third-order valence-corrected chi connectivity index (χ3v) is 4.78. The number of benzene rings is 3. The maximum atomic E-state index is 12.9. The van der Waals surface area contributed by atoms with Crippen molar-refractivity contribution in [3.63, 3.8) is 0 Å². The molecule has 4 aromatic rings. The first-order chi connectivity index (χ1) is 15.0. The molecule has 156 valence electrons. The standard InChI is InChI=1S/C24H20FN3O3/c1-15-2-6-17(7-3-15)23-27-20-11-8-18(12-21(20)28-23)24(30)31-14-22(29)26-13-16-4-9-19(25)10-5-16/h2-12H,13-14H2,1H3,(H,26,29)(H,27,28). The van der Waals surface area contributed by atoms with Crippen LogP contribution in [0.1, 0.15) is 21.5 Å². The number of aromatic nitrogens is 2. The summed E-state index contributed by atoms with van der Waals surface area (Å²) in [6, 6.07) is 18.7. The number of aromatic amines is 1. The minimum atomic E-state index is -0.606. The molecule has 0 saturated heterocycles. The first-order valence-corrected chi connectivity index (χ1v) is 9.73. The second kappa shape index (κ2) is 8.79. The van der Waals surface area contributed by atoms with Crippen molar-refractivity contribution in [2.45, 2.75) is 13.5 Å². The van der Waals surface area contributed by atoms with Crippen molar-refractivity contribution in [3.8, 4) is 11.4 Å². The Balaban J connectivity index is 1.36. The molecular weight excluding hydrogens is 397 g/mol. The van der Waals surface area contributed by atoms with E-state index in [1.807, 2.05) is 31.2 Å². The van der Waals surface area contributed by atoms with Gasteiger partial charge < -0.3 is 15.0 Å². The Kier molecular flexibility index (Phi) is 5.75. The number of amides is 1. The Bertz CT molecular complexity index is 1230. The van der Waals surface area contributed by atoms with Gasteiger partial charge in [0.05, 0.1) is 16.6 Å². The Morgan fingerprint density at radius 3 is 2.52 bits per heavy atom. The van der Waals surface area contributed by atoms with Crippen molar-refractivity contribution in [1.82, 2.24) is 15.3 Å². The van der Waals surface area contributed by atoms with Gasteiger partial charge >= 0.3 is 5.97 Å². The molecule has 3 aromatic carbocycles. The number of fused-ring (bicyclic) bond motifs is 1. The summed E-state index contributed by atoms with van der Waals surface area (Å²) in [6.45, 7) is 1.83. The third-order valence-electron chi connectivity index (χ3n) is 4.78. The number of carbonyl (C=O) groups is 2. The largest absolute Gasteiger partial charge is 0.452 e. The first-order valence-electron chi connectivity index (χ1n) is 9.73. The van der Waals surface area contributed by atoms with Crippen LogP contribution in [0.5, 0.6) is 0 Å². The molecule has 0 spiro atoms. The number of nitrogens with one attached hydrogen (secondary N) is 2. The zero-order valence-corrected chi connectivity index (χ0v) is 16.8. The van der Waals surface area contributed by atoms with Crippen molar-refractivity contribution in [1.29, 1.82) is 0 Å². The van der Waals surface area contributed by atoms with Crippen LogP contribution in [-0.2, 0) is 16.1 Å². The maximum Gasteiger partial charge on any atom is 0.338 e. The molecule has 0 fully saturated rings. The Hall–Kier alpha value is -4.00. The van der Waals surface area contributed by atoms with E-state index in [4.69, 9.17) is 4.74 Å². The number of nitrogens with zero attached hydrogens (tertiary/aromatic N) is 1. The molecule has 0 aliphatic rings. The summed E-state index contributed by atoms with van der Waals surface area (Å²) < 4.78 is 18.0. The van der Waals surface area contributed by atoms with Gasteiger partial charge in [-0.1, -0.05) is 42.0 Å². The van der Waals surface area contributed by atoms with Crippen LogP contribution in [0.15, 0.2) is 66.7 Å². The second-order valence-electron chi connectivity index (χ2n) is 7.16. The fourth-order valence-electron chi connectivity index (χ4n) is 3.05. The minimum absolute atomic E-state index is 0.221. The average molecular weight is 417 g/mol. The summed E-state index contributed by atoms with van der Waals surface area (Å²) in [4.78, 5) is 32.0. The van der Waals surface area contributed by atoms with E-state index in [0.717, 1.165) is 22.2 Å². The van der Waals surface area contributed by atoms with Crippen LogP contribution in [-0.4, -0.2) is 28.5 Å². The molecule has 6 nitrogen and oxygen atoms in total. The van der Waals surface area contributed by atoms with Gasteiger partial charge in [-0.3, -0.25) is 4.79 Å². The number of halogens is 1. The summed E-state index contributed by atoms with van der Waals surface area (Å²) in [7, 11) is 0. The Morgan fingerprint density at radius 1 is 1.03 bits per heavy atom. The molecule has 0 radical (unpaired) electrons. The highest BCUT2D eigenvalue weighted by Crippen LogP contribution is 2.22. The van der Waals surface area contributed by atoms with Crippen LogP contribution < -0.4 is 5.32 Å². The topological polar surface area (TPSA) is 84.1 Å². The van der Waals surface area contributed by atoms with Crippen molar-refractivity contribution >= 4 is 22.9 Å². The van der Waals surface area contributed by atoms with Gasteiger partial charge in [-0.25, -0.2) is 14.2 Å². The normalized spacial score (nSPS) is 10.8. The summed E-state index contributed by atoms with van der Waals surface area (Å²) in [5.74, 6) is -0.683. The number of H-pyrrole nitrogens is 1. The number of rotatable bonds is 6. The lowest BCUT2D eigenvalue weighted by molar-refractivity contribution is -0.124. The monoisotopic (exact) mass is 417 g/mol. The summed E-state index contributed by atoms with van der Waals surface area (Å²) >= 11 is 0. The second-order valence-corrected chi connectivity index (χ2v) is 7.16. The smallest absolute Gasteiger partial charge is 0.338 e. The molecule has 0 atom stereocenters. The number of hydrogen-bond donors (Lipinski definition) is 2. The van der Waals surface area contributed by atoms with Crippen LogP contribution in [0.25, 0.3) is 22.4 Å². The van der Waals surface area contributed by atoms with Gasteiger partial charge in [-0.05, 0) is 42.8 Å². The molecule has 0 saturated carbocycles. The quantitative estimate of drug-likeness (QED) is 0.462. The third kappa shape index (κ3) is 4.95. The maximum absolute atomic E-state index is 12.9. The van der Waals surface area contributed by atoms with Gasteiger partial charge in [-0.15, -0.1) is 0 Å². The molecule has 2 N–H and O–H groups in total. The van der Waals surface area contributed by atoms with E-state index in [-0.39, 0.29) is 12.4 Å². The van der Waals surface area contributed by atoms with Crippen molar-refractivity contribution in [3.05, 3.63) is 89.2 Å². The summed E-state index contributed by atoms with van der Waals surface area (Å²) in [5.41, 5.74) is 4.60. The van der Waals surface area contributed by atoms with Crippen LogP contribution in [0.4, 0.5) is 4.39 Å². The number of aryl methyl sites for hydroxylation is 1. The van der Waals surface area contributed by atoms with Crippen molar-refractivity contribution < 1.29 is 18.7 Å². The molecule has 0 aliphatic carbocycles. The van der Waals surface area contributed by atoms with E-state index < -0.39 is 18.5 Å². The molecule has 7 heteroatoms. The van der Waals surface area contributed by atoms with Crippen molar-refractivity contribution in [2.75, 3.05) is 6.61 Å². The predicted molar refractivity (Wildman–Crippen MR) is 115 cm³/mol. The fourth-order valence-corrected chi connectivity index (χ4v) is 3.05. The summed E-state index contributed by atoms with van der Waals surface area (Å²) in [6.07, 6.45) is 0. The zero-order valence-electron chi connectivity index (χ0n) is 16.8. The number of ether oxygens (including phenoxy) is 1. The summed E-state index contributed by atoms with van der Waals surface area (Å²) in [5, 5.41) is 2.63. The molecule has 0 unspecified atom stereocenters. The lowest BCUT2D eigenvalue weighted by atomic mass is 10.1. The molecule has 0 aliphatic heterocycles. The van der Waals surface area contributed by atoms with Gasteiger partial charge in [0.15, 0.2) is 6.61 Å². The molecule has 1 amide bonds. The van der Waals surface area contributed by atoms with Crippen LogP contribution >= 0.6 is 0 Å². The van der Waals surface area contributed by atoms with E-state index >= 15 is 0 Å². The number of esters is 1. The molecule has 31 heavy (non-hydrogen) atoms. The van der Waals surface area contributed by atoms with Crippen LogP contribution in [0, 0.1) is 12.7 Å². The zero-order chi connectivity index (χ0) is 21.8. The SMILES string of the molecule is Cc1ccc(-c2nc3ccc(C(=O)OCC(=O)NCc4ccc(F)cc4)cc3[nH]2)cc1. The number of carbonyl (C=O) groups excluding carboxylic acids is 2. The first kappa shape index (κ1) is 20.3. The van der Waals surface area contributed by atoms with Gasteiger partial charge in [0.1, 0.15) is 11.6 Å². The van der Waals surface area contributed by atoms with E-state index in [9.17, 15) is 14.0 Å². The van der Waals surface area contributed by atoms with E-state index in [1.54, 1.807) is 30.3 Å². The number of hydrogen-bond acceptors (Lipinski definition) is 4. The molecule has 1 aromatic heterocycles. The molecule has 4 rings (SSSR count). The van der Waals surface area contributed by atoms with Crippen LogP contribution in [0.3, 0.4) is 0 Å². The van der Waals surface area contributed by atoms with Gasteiger partial charge in [0, 0.05) is 12.1 Å². The number of imidazole rings is 1. The molecule has 1 heterocycles. The predicted octanol–water partition coefficient (Wildman–Crippen LogP) is 4.15. The average Bonchev–Trinajstić information content (AvgIpc) is 3.21. The molecular formula is C24H20FN3O3. The van der Waals surface area contributed by atoms with Gasteiger partial charge in [-0.2, -0.15) is 0 Å². The van der Waals surface area contributed by atoms with Crippen LogP contribution in [0.2, 0.25) is 0 Å². The minimum Gasteiger partial charge on any atom is -0.452 e. The highest BCUT2D eigenvalue weighted by Gasteiger charge is 2.13. The lowest BCUT2D eigenvalue weighted by Crippen LogP contribution is -2.28. The van der Waals surface area contributed by atoms with E-state index in [0.29, 0.717) is 16.9 Å². The van der Waals surface area contributed by atoms with E-state index in [2.05, 4.69) is 15.3 Å².